The van der Waals surface area contributed by atoms with E-state index in [4.69, 9.17) is 28.4 Å². The fraction of sp³-hybridized carbons (Fsp3) is 0.333. The molecule has 9 heteroatoms. The molecule has 1 fully saturated rings. The minimum atomic E-state index is -1.15. The second-order valence-corrected chi connectivity index (χ2v) is 6.75. The number of phenols is 1. The van der Waals surface area contributed by atoms with Gasteiger partial charge in [0.05, 0.1) is 21.3 Å². The Morgan fingerprint density at radius 3 is 2.10 bits per heavy atom. The van der Waals surface area contributed by atoms with Gasteiger partial charge in [-0.2, -0.15) is 0 Å². The molecule has 0 unspecified atom stereocenters. The van der Waals surface area contributed by atoms with Crippen LogP contribution < -0.4 is 23.7 Å². The van der Waals surface area contributed by atoms with Gasteiger partial charge in [0, 0.05) is 17.5 Å². The lowest BCUT2D eigenvalue weighted by Crippen LogP contribution is -2.25. The van der Waals surface area contributed by atoms with Crippen molar-refractivity contribution in [1.29, 1.82) is 0 Å². The van der Waals surface area contributed by atoms with E-state index in [0.717, 1.165) is 0 Å². The summed E-state index contributed by atoms with van der Waals surface area (Å²) in [6, 6.07) is 6.22. The first-order valence-electron chi connectivity index (χ1n) is 9.10. The van der Waals surface area contributed by atoms with Gasteiger partial charge in [-0.25, -0.2) is 0 Å². The van der Waals surface area contributed by atoms with Crippen molar-refractivity contribution in [3.05, 3.63) is 35.4 Å². The maximum atomic E-state index is 12.6. The van der Waals surface area contributed by atoms with E-state index in [2.05, 4.69) is 0 Å². The predicted octanol–water partition coefficient (Wildman–Crippen LogP) is 2.02. The van der Waals surface area contributed by atoms with Gasteiger partial charge in [0.15, 0.2) is 35.4 Å². The molecule has 158 valence electrons. The second kappa shape index (κ2) is 7.66. The number of phenolic OH excluding ortho intramolecular Hbond substituents is 1. The van der Waals surface area contributed by atoms with Gasteiger partial charge in [-0.15, -0.1) is 0 Å². The van der Waals surface area contributed by atoms with Crippen LogP contribution in [0.5, 0.6) is 34.5 Å². The van der Waals surface area contributed by atoms with Crippen molar-refractivity contribution in [2.45, 2.75) is 5.92 Å². The van der Waals surface area contributed by atoms with Gasteiger partial charge in [0.1, 0.15) is 11.7 Å². The van der Waals surface area contributed by atoms with Crippen molar-refractivity contribution in [3.63, 3.8) is 0 Å². The summed E-state index contributed by atoms with van der Waals surface area (Å²) in [5.74, 6) is -1.42. The van der Waals surface area contributed by atoms with E-state index in [-0.39, 0.29) is 19.1 Å². The summed E-state index contributed by atoms with van der Waals surface area (Å²) in [5, 5.41) is 10.7. The molecule has 2 aromatic carbocycles. The molecule has 0 radical (unpaired) electrons. The maximum absolute atomic E-state index is 12.6. The van der Waals surface area contributed by atoms with Crippen LogP contribution in [0.3, 0.4) is 0 Å². The molecule has 2 aliphatic rings. The third-order valence-corrected chi connectivity index (χ3v) is 5.19. The maximum Gasteiger partial charge on any atom is 0.318 e. The Hall–Kier alpha value is -3.62. The minimum Gasteiger partial charge on any atom is -0.508 e. The first-order chi connectivity index (χ1) is 14.5. The highest BCUT2D eigenvalue weighted by Gasteiger charge is 2.44. The zero-order valence-electron chi connectivity index (χ0n) is 16.6. The average molecular weight is 416 g/mol. The summed E-state index contributed by atoms with van der Waals surface area (Å²) >= 11 is 0. The number of ketones is 1. The van der Waals surface area contributed by atoms with Gasteiger partial charge in [-0.3, -0.25) is 9.59 Å². The minimum absolute atomic E-state index is 0.0114. The summed E-state index contributed by atoms with van der Waals surface area (Å²) in [6.07, 6.45) is 0. The predicted molar refractivity (Wildman–Crippen MR) is 102 cm³/mol. The molecule has 30 heavy (non-hydrogen) atoms. The zero-order valence-corrected chi connectivity index (χ0v) is 16.6. The summed E-state index contributed by atoms with van der Waals surface area (Å²) in [6.45, 7) is -0.312. The molecule has 2 heterocycles. The Kier molecular flexibility index (Phi) is 5.03. The second-order valence-electron chi connectivity index (χ2n) is 6.75. The quantitative estimate of drug-likeness (QED) is 0.559. The van der Waals surface area contributed by atoms with Crippen LogP contribution in [0.2, 0.25) is 0 Å². The van der Waals surface area contributed by atoms with Crippen molar-refractivity contribution in [1.82, 2.24) is 0 Å². The van der Waals surface area contributed by atoms with Crippen molar-refractivity contribution in [3.8, 4) is 34.5 Å². The number of carbonyl (C=O) groups is 2. The zero-order chi connectivity index (χ0) is 21.4. The smallest absolute Gasteiger partial charge is 0.318 e. The van der Waals surface area contributed by atoms with Crippen LogP contribution in [0, 0.1) is 5.92 Å². The Bertz CT molecular complexity index is 973. The molecule has 4 rings (SSSR count). The molecule has 0 amide bonds. The Morgan fingerprint density at radius 2 is 1.57 bits per heavy atom. The van der Waals surface area contributed by atoms with Crippen LogP contribution >= 0.6 is 0 Å². The normalized spacial score (nSPS) is 18.2. The first kappa shape index (κ1) is 19.7. The number of hydrogen-bond donors (Lipinski definition) is 1. The van der Waals surface area contributed by atoms with Crippen LogP contribution in [-0.4, -0.2) is 51.6 Å². The molecule has 0 spiro atoms. The lowest BCUT2D eigenvalue weighted by atomic mass is 9.78. The van der Waals surface area contributed by atoms with Crippen molar-refractivity contribution in [2.24, 2.45) is 5.92 Å². The standard InChI is InChI=1S/C21H20O9/c1-25-16-4-10(5-17(26-2)20(16)27-3)18(19-13(23)8-28-21(19)24)11-6-14-15(7-12(11)22)30-9-29-14/h4-7,18-19,22H,8-9H2,1-3H3/t18-,19+/m0/s1. The SMILES string of the molecule is COc1cc([C@@H](c2cc3c(cc2O)OCO3)[C@H]2C(=O)COC2=O)cc(OC)c1OC. The molecule has 1 saturated heterocycles. The van der Waals surface area contributed by atoms with Crippen LogP contribution in [0.1, 0.15) is 17.0 Å². The molecular weight excluding hydrogens is 396 g/mol. The van der Waals surface area contributed by atoms with Crippen molar-refractivity contribution >= 4 is 11.8 Å². The summed E-state index contributed by atoms with van der Waals surface area (Å²) in [4.78, 5) is 25.1. The van der Waals surface area contributed by atoms with E-state index in [9.17, 15) is 14.7 Å². The van der Waals surface area contributed by atoms with Gasteiger partial charge in [-0.1, -0.05) is 0 Å². The number of fused-ring (bicyclic) bond motifs is 1. The van der Waals surface area contributed by atoms with E-state index in [1.54, 1.807) is 18.2 Å². The number of hydrogen-bond acceptors (Lipinski definition) is 9. The number of ether oxygens (including phenoxy) is 6. The molecule has 9 nitrogen and oxygen atoms in total. The van der Waals surface area contributed by atoms with Gasteiger partial charge >= 0.3 is 5.97 Å². The highest BCUT2D eigenvalue weighted by atomic mass is 16.7. The van der Waals surface area contributed by atoms with Crippen LogP contribution in [0.25, 0.3) is 0 Å². The average Bonchev–Trinajstić information content (AvgIpc) is 3.33. The molecule has 2 aromatic rings. The van der Waals surface area contributed by atoms with E-state index in [1.165, 1.54) is 27.4 Å². The van der Waals surface area contributed by atoms with E-state index in [1.807, 2.05) is 0 Å². The molecule has 2 atom stereocenters. The summed E-state index contributed by atoms with van der Waals surface area (Å²) in [7, 11) is 4.39. The third kappa shape index (κ3) is 3.12. The van der Waals surface area contributed by atoms with Crippen LogP contribution in [0.15, 0.2) is 24.3 Å². The molecule has 0 aromatic heterocycles. The molecule has 1 N–H and O–H groups in total. The molecule has 0 saturated carbocycles. The molecular formula is C21H20O9. The molecule has 2 aliphatic heterocycles. The van der Waals surface area contributed by atoms with E-state index in [0.29, 0.717) is 39.9 Å². The monoisotopic (exact) mass is 416 g/mol. The van der Waals surface area contributed by atoms with Gasteiger partial charge in [0.2, 0.25) is 12.5 Å². The van der Waals surface area contributed by atoms with Crippen molar-refractivity contribution < 1.29 is 43.1 Å². The highest BCUT2D eigenvalue weighted by Crippen LogP contribution is 2.48. The number of cyclic esters (lactones) is 1. The number of carbonyl (C=O) groups excluding carboxylic acids is 2. The summed E-state index contributed by atoms with van der Waals surface area (Å²) < 4.78 is 31.9. The lowest BCUT2D eigenvalue weighted by Gasteiger charge is -2.24. The number of methoxy groups -OCH3 is 3. The number of aromatic hydroxyl groups is 1. The first-order valence-corrected chi connectivity index (χ1v) is 9.10. The third-order valence-electron chi connectivity index (χ3n) is 5.19. The van der Waals surface area contributed by atoms with Gasteiger partial charge in [-0.05, 0) is 23.8 Å². The molecule has 0 bridgehead atoms. The topological polar surface area (TPSA) is 110 Å². The van der Waals surface area contributed by atoms with Crippen LogP contribution in [0.4, 0.5) is 0 Å². The van der Waals surface area contributed by atoms with Gasteiger partial charge in [0.25, 0.3) is 0 Å². The number of benzene rings is 2. The van der Waals surface area contributed by atoms with E-state index < -0.39 is 23.6 Å². The highest BCUT2D eigenvalue weighted by molar-refractivity contribution is 6.06. The number of esters is 1. The van der Waals surface area contributed by atoms with Crippen LogP contribution in [-0.2, 0) is 14.3 Å². The number of Topliss-reactive ketones (excluding diaryl/α,β-unsaturated/α-hetero) is 1. The number of rotatable bonds is 6. The lowest BCUT2D eigenvalue weighted by molar-refractivity contribution is -0.141. The fourth-order valence-corrected chi connectivity index (χ4v) is 3.80. The Labute approximate surface area is 172 Å². The van der Waals surface area contributed by atoms with Gasteiger partial charge < -0.3 is 33.5 Å². The van der Waals surface area contributed by atoms with Crippen molar-refractivity contribution in [2.75, 3.05) is 34.7 Å². The Balaban J connectivity index is 1.94. The Morgan fingerprint density at radius 1 is 0.933 bits per heavy atom. The fourth-order valence-electron chi connectivity index (χ4n) is 3.80. The largest absolute Gasteiger partial charge is 0.508 e. The summed E-state index contributed by atoms with van der Waals surface area (Å²) in [5.41, 5.74) is 0.807. The molecule has 0 aliphatic carbocycles. The van der Waals surface area contributed by atoms with E-state index >= 15 is 0 Å².